The van der Waals surface area contributed by atoms with E-state index in [0.29, 0.717) is 62.9 Å². The summed E-state index contributed by atoms with van der Waals surface area (Å²) < 4.78 is 61.8. The van der Waals surface area contributed by atoms with Crippen molar-refractivity contribution >= 4 is 21.6 Å². The van der Waals surface area contributed by atoms with Gasteiger partial charge in [-0.2, -0.15) is 4.31 Å². The van der Waals surface area contributed by atoms with Crippen molar-refractivity contribution in [1.29, 1.82) is 0 Å². The molecule has 41 heavy (non-hydrogen) atoms. The zero-order chi connectivity index (χ0) is 29.2. The van der Waals surface area contributed by atoms with Crippen molar-refractivity contribution < 1.29 is 26.7 Å². The molecule has 1 amide bonds. The molecule has 11 heteroatoms. The van der Waals surface area contributed by atoms with Gasteiger partial charge in [-0.3, -0.25) is 4.79 Å². The predicted molar refractivity (Wildman–Crippen MR) is 154 cm³/mol. The van der Waals surface area contributed by atoms with E-state index in [1.54, 1.807) is 29.6 Å². The molecule has 1 unspecified atom stereocenters. The number of nitrogens with one attached hydrogen (secondary N) is 2. The summed E-state index contributed by atoms with van der Waals surface area (Å²) in [6, 6.07) is 9.52. The number of ether oxygens (including phenoxy) is 1. The monoisotopic (exact) mass is 590 g/mol. The molecular weight excluding hydrogens is 550 g/mol. The minimum absolute atomic E-state index is 0.0613. The molecule has 2 bridgehead atoms. The minimum Gasteiger partial charge on any atom is -0.381 e. The van der Waals surface area contributed by atoms with Crippen LogP contribution < -0.4 is 16.4 Å². The van der Waals surface area contributed by atoms with E-state index in [9.17, 15) is 17.6 Å². The maximum atomic E-state index is 15.2. The van der Waals surface area contributed by atoms with Gasteiger partial charge in [-0.15, -0.1) is 0 Å². The molecule has 5 rings (SSSR count). The predicted octanol–water partition coefficient (Wildman–Crippen LogP) is 3.46. The quantitative estimate of drug-likeness (QED) is 0.434. The summed E-state index contributed by atoms with van der Waals surface area (Å²) in [5, 5.41) is 6.32. The molecule has 4 N–H and O–H groups in total. The number of nitrogens with zero attached hydrogens (tertiary/aromatic N) is 1. The fourth-order valence-corrected chi connectivity index (χ4v) is 8.66. The van der Waals surface area contributed by atoms with E-state index in [1.165, 1.54) is 24.3 Å². The first-order valence-electron chi connectivity index (χ1n) is 14.5. The van der Waals surface area contributed by atoms with E-state index < -0.39 is 33.2 Å². The number of hydrogen-bond donors (Lipinski definition) is 3. The normalized spacial score (nSPS) is 30.2. The number of anilines is 1. The second-order valence-electron chi connectivity index (χ2n) is 11.7. The molecule has 0 aromatic heterocycles. The number of piperazine rings is 1. The number of rotatable bonds is 8. The zero-order valence-electron chi connectivity index (χ0n) is 23.5. The van der Waals surface area contributed by atoms with Crippen LogP contribution in [0, 0.1) is 11.6 Å². The second kappa shape index (κ2) is 12.4. The molecule has 8 nitrogen and oxygen atoms in total. The van der Waals surface area contributed by atoms with E-state index in [0.717, 1.165) is 12.0 Å². The SMILES string of the molecule is CO[C@H]1CC[C@](c2ccc(F)cc2)([C@H](N)C(=O)Nc2cccc(F)c2CC[C@H]2CN[C@@H]3CCCS(=O)(=O)N2C3)CC1. The fourth-order valence-electron chi connectivity index (χ4n) is 6.85. The van der Waals surface area contributed by atoms with Crippen LogP contribution in [-0.4, -0.2) is 68.8 Å². The van der Waals surface area contributed by atoms with Crippen molar-refractivity contribution in [1.82, 2.24) is 9.62 Å². The zero-order valence-corrected chi connectivity index (χ0v) is 24.3. The number of carbonyl (C=O) groups is 1. The van der Waals surface area contributed by atoms with E-state index >= 15 is 4.39 Å². The van der Waals surface area contributed by atoms with Crippen LogP contribution in [0.1, 0.15) is 56.1 Å². The number of sulfonamides is 1. The third-order valence-electron chi connectivity index (χ3n) is 9.32. The van der Waals surface area contributed by atoms with Crippen LogP contribution in [0.25, 0.3) is 0 Å². The highest BCUT2D eigenvalue weighted by Crippen LogP contribution is 2.43. The summed E-state index contributed by atoms with van der Waals surface area (Å²) in [4.78, 5) is 13.7. The van der Waals surface area contributed by atoms with Crippen LogP contribution in [0.15, 0.2) is 42.5 Å². The van der Waals surface area contributed by atoms with Crippen molar-refractivity contribution in [2.24, 2.45) is 5.73 Å². The summed E-state index contributed by atoms with van der Waals surface area (Å²) in [7, 11) is -1.70. The van der Waals surface area contributed by atoms with E-state index in [2.05, 4.69) is 10.6 Å². The van der Waals surface area contributed by atoms with E-state index in [4.69, 9.17) is 10.5 Å². The number of hydrogen-bond acceptors (Lipinski definition) is 6. The molecule has 1 aliphatic carbocycles. The third-order valence-corrected chi connectivity index (χ3v) is 11.3. The minimum atomic E-state index is -3.37. The van der Waals surface area contributed by atoms with Gasteiger partial charge in [-0.05, 0) is 81.2 Å². The standard InChI is InChI=1S/C30H40F2N4O4S/c1-40-24-13-15-30(16-14-24,20-7-9-21(31)10-8-20)28(33)29(37)35-27-6-2-5-26(32)25(27)12-11-23-18-34-22-4-3-17-41(38,39)36(23)19-22/h2,5-10,22-24,28,34H,3-4,11-19,33H2,1H3,(H,35,37)/t22-,23+,24-,28-,30-/m1/s1. The first-order chi connectivity index (χ1) is 19.6. The summed E-state index contributed by atoms with van der Waals surface area (Å²) in [5.74, 6) is -1.16. The van der Waals surface area contributed by atoms with Gasteiger partial charge in [0.15, 0.2) is 0 Å². The van der Waals surface area contributed by atoms with Crippen molar-refractivity contribution in [2.45, 2.75) is 81.0 Å². The van der Waals surface area contributed by atoms with Crippen molar-refractivity contribution in [3.05, 3.63) is 65.2 Å². The summed E-state index contributed by atoms with van der Waals surface area (Å²) in [6.45, 7) is 0.936. The molecule has 224 valence electrons. The highest BCUT2D eigenvalue weighted by molar-refractivity contribution is 7.89. The molecule has 3 aliphatic rings. The van der Waals surface area contributed by atoms with Crippen molar-refractivity contribution in [3.63, 3.8) is 0 Å². The molecular formula is C30H40F2N4O4S. The Bertz CT molecular complexity index is 1330. The van der Waals surface area contributed by atoms with E-state index in [-0.39, 0.29) is 36.2 Å². The van der Waals surface area contributed by atoms with Gasteiger partial charge in [0, 0.05) is 48.9 Å². The Morgan fingerprint density at radius 1 is 1.17 bits per heavy atom. The van der Waals surface area contributed by atoms with Gasteiger partial charge < -0.3 is 21.1 Å². The number of halogens is 2. The lowest BCUT2D eigenvalue weighted by atomic mass is 9.64. The smallest absolute Gasteiger partial charge is 0.242 e. The summed E-state index contributed by atoms with van der Waals surface area (Å²) >= 11 is 0. The van der Waals surface area contributed by atoms with Crippen LogP contribution >= 0.6 is 0 Å². The van der Waals surface area contributed by atoms with Gasteiger partial charge >= 0.3 is 0 Å². The molecule has 0 radical (unpaired) electrons. The first kappa shape index (κ1) is 30.0. The lowest BCUT2D eigenvalue weighted by Crippen LogP contribution is -2.57. The molecule has 2 aromatic rings. The summed E-state index contributed by atoms with van der Waals surface area (Å²) in [6.07, 6.45) is 4.74. The van der Waals surface area contributed by atoms with Gasteiger partial charge in [0.2, 0.25) is 15.9 Å². The Morgan fingerprint density at radius 2 is 1.90 bits per heavy atom. The van der Waals surface area contributed by atoms with Crippen LogP contribution in [0.3, 0.4) is 0 Å². The number of methoxy groups -OCH3 is 1. The molecule has 2 aromatic carbocycles. The lowest BCUT2D eigenvalue weighted by molar-refractivity contribution is -0.119. The highest BCUT2D eigenvalue weighted by Gasteiger charge is 2.45. The number of benzene rings is 2. The van der Waals surface area contributed by atoms with Crippen molar-refractivity contribution in [3.8, 4) is 0 Å². The van der Waals surface area contributed by atoms with Crippen molar-refractivity contribution in [2.75, 3.05) is 31.3 Å². The maximum Gasteiger partial charge on any atom is 0.242 e. The van der Waals surface area contributed by atoms with E-state index in [1.807, 2.05) is 0 Å². The first-order valence-corrected chi connectivity index (χ1v) is 16.1. The molecule has 3 fully saturated rings. The van der Waals surface area contributed by atoms with Gasteiger partial charge in [0.25, 0.3) is 0 Å². The van der Waals surface area contributed by atoms with Gasteiger partial charge in [0.05, 0.1) is 17.9 Å². The number of amides is 1. The second-order valence-corrected chi connectivity index (χ2v) is 13.7. The number of fused-ring (bicyclic) bond motifs is 2. The largest absolute Gasteiger partial charge is 0.381 e. The Kier molecular flexibility index (Phi) is 9.10. The molecule has 0 spiro atoms. The topological polar surface area (TPSA) is 114 Å². The Hall–Kier alpha value is -2.44. The Labute approximate surface area is 241 Å². The van der Waals surface area contributed by atoms with Crippen LogP contribution in [-0.2, 0) is 31.4 Å². The molecule has 2 aliphatic heterocycles. The van der Waals surface area contributed by atoms with Crippen LogP contribution in [0.5, 0.6) is 0 Å². The molecule has 4 atom stereocenters. The summed E-state index contributed by atoms with van der Waals surface area (Å²) in [5.41, 5.74) is 7.39. The fraction of sp³-hybridized carbons (Fsp3) is 0.567. The van der Waals surface area contributed by atoms with Crippen LogP contribution in [0.2, 0.25) is 0 Å². The highest BCUT2D eigenvalue weighted by atomic mass is 32.2. The Morgan fingerprint density at radius 3 is 2.61 bits per heavy atom. The van der Waals surface area contributed by atoms with Gasteiger partial charge in [-0.25, -0.2) is 17.2 Å². The average Bonchev–Trinajstić information content (AvgIpc) is 3.08. The van der Waals surface area contributed by atoms with Gasteiger partial charge in [0.1, 0.15) is 11.6 Å². The average molecular weight is 591 g/mol. The third kappa shape index (κ3) is 6.34. The van der Waals surface area contributed by atoms with Gasteiger partial charge in [-0.1, -0.05) is 18.2 Å². The number of carbonyl (C=O) groups excluding carboxylic acids is 1. The molecule has 2 saturated heterocycles. The Balaban J connectivity index is 1.34. The lowest BCUT2D eigenvalue weighted by Gasteiger charge is -2.43. The molecule has 2 heterocycles. The maximum absolute atomic E-state index is 15.2. The number of nitrogens with two attached hydrogens (primary N) is 1. The van der Waals surface area contributed by atoms with Crippen LogP contribution in [0.4, 0.5) is 14.5 Å². The molecule has 1 saturated carbocycles.